The number of aliphatic carboxylic acids is 1. The predicted molar refractivity (Wildman–Crippen MR) is 71.9 cm³/mol. The van der Waals surface area contributed by atoms with E-state index in [1.165, 1.54) is 0 Å². The van der Waals surface area contributed by atoms with Gasteiger partial charge in [-0.2, -0.15) is 0 Å². The highest BCUT2D eigenvalue weighted by Crippen LogP contribution is 2.22. The Labute approximate surface area is 106 Å². The number of rotatable bonds is 4. The molecule has 4 heteroatoms. The summed E-state index contributed by atoms with van der Waals surface area (Å²) < 4.78 is 0. The van der Waals surface area contributed by atoms with Crippen LogP contribution in [0.25, 0.3) is 10.9 Å². The first-order valence-corrected chi connectivity index (χ1v) is 5.97. The van der Waals surface area contributed by atoms with Gasteiger partial charge >= 0.3 is 5.97 Å². The lowest BCUT2D eigenvalue weighted by atomic mass is 10.1. The highest BCUT2D eigenvalue weighted by atomic mass is 16.4. The standard InChI is InChI=1S/C14H16N2O2/c1-3-16(10(2)14(17)18)12-7-6-11-5-4-8-15-13(11)9-12/h4-10H,3H2,1-2H3,(H,17,18)/t10-/m1/s1. The first kappa shape index (κ1) is 12.4. The Kier molecular flexibility index (Phi) is 3.46. The lowest BCUT2D eigenvalue weighted by molar-refractivity contribution is -0.138. The van der Waals surface area contributed by atoms with E-state index in [-0.39, 0.29) is 0 Å². The molecule has 0 aliphatic heterocycles. The molecule has 0 saturated carbocycles. The Morgan fingerprint density at radius 2 is 2.22 bits per heavy atom. The minimum absolute atomic E-state index is 0.545. The molecule has 0 unspecified atom stereocenters. The van der Waals surface area contributed by atoms with Gasteiger partial charge in [0.25, 0.3) is 0 Å². The summed E-state index contributed by atoms with van der Waals surface area (Å²) in [4.78, 5) is 17.2. The molecule has 0 aliphatic carbocycles. The minimum Gasteiger partial charge on any atom is -0.480 e. The lowest BCUT2D eigenvalue weighted by Gasteiger charge is -2.27. The molecular weight excluding hydrogens is 228 g/mol. The Morgan fingerprint density at radius 3 is 2.89 bits per heavy atom. The fourth-order valence-corrected chi connectivity index (χ4v) is 2.05. The van der Waals surface area contributed by atoms with Crippen molar-refractivity contribution < 1.29 is 9.90 Å². The van der Waals surface area contributed by atoms with Crippen LogP contribution in [-0.2, 0) is 4.79 Å². The quantitative estimate of drug-likeness (QED) is 0.898. The second kappa shape index (κ2) is 5.04. The SMILES string of the molecule is CCN(c1ccc2cccnc2c1)[C@H](C)C(=O)O. The van der Waals surface area contributed by atoms with Crippen molar-refractivity contribution in [3.8, 4) is 0 Å². The molecule has 0 spiro atoms. The molecule has 0 amide bonds. The van der Waals surface area contributed by atoms with Gasteiger partial charge in [0.1, 0.15) is 6.04 Å². The summed E-state index contributed by atoms with van der Waals surface area (Å²) in [6.07, 6.45) is 1.74. The zero-order chi connectivity index (χ0) is 13.1. The van der Waals surface area contributed by atoms with Crippen LogP contribution >= 0.6 is 0 Å². The van der Waals surface area contributed by atoms with E-state index in [4.69, 9.17) is 5.11 Å². The number of carboxylic acids is 1. The van der Waals surface area contributed by atoms with Crippen molar-refractivity contribution in [2.45, 2.75) is 19.9 Å². The number of fused-ring (bicyclic) bond motifs is 1. The van der Waals surface area contributed by atoms with E-state index < -0.39 is 12.0 Å². The van der Waals surface area contributed by atoms with Crippen molar-refractivity contribution in [3.05, 3.63) is 36.5 Å². The number of hydrogen-bond acceptors (Lipinski definition) is 3. The third kappa shape index (κ3) is 2.27. The number of pyridine rings is 1. The molecule has 94 valence electrons. The van der Waals surface area contributed by atoms with E-state index >= 15 is 0 Å². The molecule has 1 aromatic heterocycles. The summed E-state index contributed by atoms with van der Waals surface area (Å²) in [6.45, 7) is 4.28. The molecule has 1 atom stereocenters. The van der Waals surface area contributed by atoms with E-state index in [0.29, 0.717) is 6.54 Å². The molecule has 2 rings (SSSR count). The summed E-state index contributed by atoms with van der Waals surface area (Å²) in [7, 11) is 0. The molecule has 0 saturated heterocycles. The van der Waals surface area contributed by atoms with Crippen molar-refractivity contribution in [2.24, 2.45) is 0 Å². The molecule has 0 fully saturated rings. The second-order valence-electron chi connectivity index (χ2n) is 4.18. The van der Waals surface area contributed by atoms with Crippen LogP contribution in [-0.4, -0.2) is 28.6 Å². The maximum absolute atomic E-state index is 11.1. The zero-order valence-electron chi connectivity index (χ0n) is 10.5. The summed E-state index contributed by atoms with van der Waals surface area (Å²) in [5.41, 5.74) is 1.77. The topological polar surface area (TPSA) is 53.4 Å². The summed E-state index contributed by atoms with van der Waals surface area (Å²) in [6, 6.07) is 9.17. The van der Waals surface area contributed by atoms with Crippen LogP contribution in [0.15, 0.2) is 36.5 Å². The van der Waals surface area contributed by atoms with Crippen molar-refractivity contribution in [2.75, 3.05) is 11.4 Å². The van der Waals surface area contributed by atoms with Crippen LogP contribution < -0.4 is 4.90 Å². The van der Waals surface area contributed by atoms with Gasteiger partial charge in [-0.15, -0.1) is 0 Å². The third-order valence-corrected chi connectivity index (χ3v) is 3.09. The highest BCUT2D eigenvalue weighted by molar-refractivity contribution is 5.84. The number of carbonyl (C=O) groups is 1. The van der Waals surface area contributed by atoms with Gasteiger partial charge in [0.05, 0.1) is 5.52 Å². The summed E-state index contributed by atoms with van der Waals surface area (Å²) in [5.74, 6) is -0.821. The summed E-state index contributed by atoms with van der Waals surface area (Å²) >= 11 is 0. The molecule has 4 nitrogen and oxygen atoms in total. The number of likely N-dealkylation sites (N-methyl/N-ethyl adjacent to an activating group) is 1. The minimum atomic E-state index is -0.821. The molecule has 1 heterocycles. The van der Waals surface area contributed by atoms with Crippen LogP contribution in [0.1, 0.15) is 13.8 Å². The number of hydrogen-bond donors (Lipinski definition) is 1. The van der Waals surface area contributed by atoms with Crippen LogP contribution in [0.3, 0.4) is 0 Å². The molecule has 1 aromatic carbocycles. The van der Waals surface area contributed by atoms with E-state index in [9.17, 15) is 4.79 Å². The molecule has 1 N–H and O–H groups in total. The van der Waals surface area contributed by atoms with Gasteiger partial charge in [-0.25, -0.2) is 4.79 Å². The van der Waals surface area contributed by atoms with E-state index in [1.807, 2.05) is 42.2 Å². The Hall–Kier alpha value is -2.10. The maximum atomic E-state index is 11.1. The van der Waals surface area contributed by atoms with E-state index in [0.717, 1.165) is 16.6 Å². The van der Waals surface area contributed by atoms with Crippen molar-refractivity contribution in [1.82, 2.24) is 4.98 Å². The van der Waals surface area contributed by atoms with Crippen LogP contribution in [0, 0.1) is 0 Å². The van der Waals surface area contributed by atoms with Gasteiger partial charge in [0.2, 0.25) is 0 Å². The smallest absolute Gasteiger partial charge is 0.326 e. The lowest BCUT2D eigenvalue weighted by Crippen LogP contribution is -2.38. The zero-order valence-corrected chi connectivity index (χ0v) is 10.5. The van der Waals surface area contributed by atoms with E-state index in [2.05, 4.69) is 4.98 Å². The Morgan fingerprint density at radius 1 is 1.44 bits per heavy atom. The fourth-order valence-electron chi connectivity index (χ4n) is 2.05. The van der Waals surface area contributed by atoms with Crippen LogP contribution in [0.4, 0.5) is 5.69 Å². The highest BCUT2D eigenvalue weighted by Gasteiger charge is 2.19. The molecule has 2 aromatic rings. The first-order chi connectivity index (χ1) is 8.63. The molecule has 18 heavy (non-hydrogen) atoms. The maximum Gasteiger partial charge on any atom is 0.326 e. The van der Waals surface area contributed by atoms with Gasteiger partial charge < -0.3 is 10.0 Å². The average molecular weight is 244 g/mol. The van der Waals surface area contributed by atoms with Crippen molar-refractivity contribution in [3.63, 3.8) is 0 Å². The number of aromatic nitrogens is 1. The normalized spacial score (nSPS) is 12.3. The van der Waals surface area contributed by atoms with Crippen molar-refractivity contribution >= 4 is 22.6 Å². The fraction of sp³-hybridized carbons (Fsp3) is 0.286. The monoisotopic (exact) mass is 244 g/mol. The molecule has 0 radical (unpaired) electrons. The molecule has 0 bridgehead atoms. The second-order valence-corrected chi connectivity index (χ2v) is 4.18. The van der Waals surface area contributed by atoms with Crippen LogP contribution in [0.5, 0.6) is 0 Å². The number of carboxylic acid groups (broad SMARTS) is 1. The van der Waals surface area contributed by atoms with Gasteiger partial charge in [0.15, 0.2) is 0 Å². The van der Waals surface area contributed by atoms with E-state index in [1.54, 1.807) is 13.1 Å². The van der Waals surface area contributed by atoms with Crippen LogP contribution in [0.2, 0.25) is 0 Å². The van der Waals surface area contributed by atoms with Crippen molar-refractivity contribution in [1.29, 1.82) is 0 Å². The third-order valence-electron chi connectivity index (χ3n) is 3.09. The number of anilines is 1. The van der Waals surface area contributed by atoms with Gasteiger partial charge in [-0.1, -0.05) is 12.1 Å². The Bertz CT molecular complexity index is 568. The molecule has 0 aliphatic rings. The largest absolute Gasteiger partial charge is 0.480 e. The van der Waals surface area contributed by atoms with Gasteiger partial charge in [-0.3, -0.25) is 4.98 Å². The predicted octanol–water partition coefficient (Wildman–Crippen LogP) is 2.53. The first-order valence-electron chi connectivity index (χ1n) is 5.97. The Balaban J connectivity index is 2.42. The average Bonchev–Trinajstić information content (AvgIpc) is 2.39. The van der Waals surface area contributed by atoms with Gasteiger partial charge in [0, 0.05) is 23.8 Å². The molecular formula is C14H16N2O2. The van der Waals surface area contributed by atoms with Gasteiger partial charge in [-0.05, 0) is 32.0 Å². The number of nitrogens with zero attached hydrogens (tertiary/aromatic N) is 2. The summed E-state index contributed by atoms with van der Waals surface area (Å²) in [5, 5.41) is 10.2. The number of benzene rings is 1.